The molecule has 0 unspecified atom stereocenters. The third-order valence-electron chi connectivity index (χ3n) is 5.39. The molecule has 6 nitrogen and oxygen atoms in total. The van der Waals surface area contributed by atoms with Crippen LogP contribution in [-0.4, -0.2) is 50.7 Å². The van der Waals surface area contributed by atoms with E-state index in [9.17, 15) is 4.39 Å². The van der Waals surface area contributed by atoms with Gasteiger partial charge in [-0.25, -0.2) is 9.37 Å². The van der Waals surface area contributed by atoms with Gasteiger partial charge in [-0.2, -0.15) is 0 Å². The summed E-state index contributed by atoms with van der Waals surface area (Å²) in [5, 5.41) is 9.26. The summed E-state index contributed by atoms with van der Waals surface area (Å²) < 4.78 is 16.1. The first-order valence-corrected chi connectivity index (χ1v) is 9.68. The fourth-order valence-corrected chi connectivity index (χ4v) is 3.92. The van der Waals surface area contributed by atoms with E-state index in [1.54, 1.807) is 12.1 Å². The number of aromatic nitrogens is 4. The number of anilines is 1. The summed E-state index contributed by atoms with van der Waals surface area (Å²) in [6.07, 6.45) is 6.15. The third-order valence-corrected chi connectivity index (χ3v) is 5.75. The predicted octanol–water partition coefficient (Wildman–Crippen LogP) is 3.12. The summed E-state index contributed by atoms with van der Waals surface area (Å²) in [5.74, 6) is 2.21. The van der Waals surface area contributed by atoms with Crippen molar-refractivity contribution in [2.24, 2.45) is 0 Å². The predicted molar refractivity (Wildman–Crippen MR) is 102 cm³/mol. The van der Waals surface area contributed by atoms with E-state index in [1.165, 1.54) is 18.9 Å². The van der Waals surface area contributed by atoms with E-state index in [0.29, 0.717) is 23.0 Å². The minimum Gasteiger partial charge on any atom is -0.351 e. The van der Waals surface area contributed by atoms with Crippen LogP contribution in [-0.2, 0) is 6.54 Å². The minimum absolute atomic E-state index is 0.243. The Morgan fingerprint density at radius 2 is 1.93 bits per heavy atom. The highest BCUT2D eigenvalue weighted by molar-refractivity contribution is 6.31. The Morgan fingerprint density at radius 1 is 1.11 bits per heavy atom. The molecule has 0 atom stereocenters. The van der Waals surface area contributed by atoms with Gasteiger partial charge in [-0.15, -0.1) is 10.2 Å². The lowest BCUT2D eigenvalue weighted by molar-refractivity contribution is 0.246. The van der Waals surface area contributed by atoms with Crippen molar-refractivity contribution in [2.45, 2.75) is 25.3 Å². The van der Waals surface area contributed by atoms with E-state index in [4.69, 9.17) is 11.6 Å². The van der Waals surface area contributed by atoms with E-state index in [1.807, 2.05) is 12.4 Å². The van der Waals surface area contributed by atoms with Gasteiger partial charge in [0.15, 0.2) is 5.82 Å². The lowest BCUT2D eigenvalue weighted by Crippen LogP contribution is -2.46. The number of fused-ring (bicyclic) bond motifs is 1. The monoisotopic (exact) mass is 386 g/mol. The Hall–Kier alpha value is -2.25. The first-order valence-electron chi connectivity index (χ1n) is 9.30. The topological polar surface area (TPSA) is 49.6 Å². The summed E-state index contributed by atoms with van der Waals surface area (Å²) in [7, 11) is 0. The van der Waals surface area contributed by atoms with Crippen LogP contribution in [0.2, 0.25) is 5.02 Å². The molecule has 0 bridgehead atoms. The molecule has 0 amide bonds. The maximum absolute atomic E-state index is 14.0. The van der Waals surface area contributed by atoms with Crippen molar-refractivity contribution < 1.29 is 4.39 Å². The van der Waals surface area contributed by atoms with E-state index < -0.39 is 0 Å². The zero-order valence-corrected chi connectivity index (χ0v) is 15.6. The Kier molecular flexibility index (Phi) is 4.21. The van der Waals surface area contributed by atoms with Crippen LogP contribution in [0.15, 0.2) is 30.6 Å². The highest BCUT2D eigenvalue weighted by Crippen LogP contribution is 2.39. The average Bonchev–Trinajstić information content (AvgIpc) is 3.44. The van der Waals surface area contributed by atoms with Crippen molar-refractivity contribution >= 4 is 23.1 Å². The SMILES string of the molecule is Fc1cccc(Cl)c1CN1CCN(c2nccn3c(C4CC4)nnc23)CC1. The van der Waals surface area contributed by atoms with Crippen LogP contribution < -0.4 is 4.90 Å². The third kappa shape index (κ3) is 3.15. The standard InChI is InChI=1S/C19H20ClFN6/c20-15-2-1-3-16(21)14(15)12-25-8-10-26(11-9-25)18-19-24-23-17(13-4-5-13)27(19)7-6-22-18/h1-3,6-7,13H,4-5,8-12H2. The average molecular weight is 387 g/mol. The molecule has 3 heterocycles. The molecule has 5 rings (SSSR count). The van der Waals surface area contributed by atoms with E-state index in [0.717, 1.165) is 43.5 Å². The molecule has 140 valence electrons. The van der Waals surface area contributed by atoms with Gasteiger partial charge in [0, 0.05) is 61.6 Å². The van der Waals surface area contributed by atoms with Gasteiger partial charge in [0.05, 0.1) is 0 Å². The highest BCUT2D eigenvalue weighted by Gasteiger charge is 2.30. The Morgan fingerprint density at radius 3 is 2.67 bits per heavy atom. The number of halogens is 2. The number of hydrogen-bond donors (Lipinski definition) is 0. The lowest BCUT2D eigenvalue weighted by atomic mass is 10.2. The van der Waals surface area contributed by atoms with Gasteiger partial charge in [0.25, 0.3) is 0 Å². The molecule has 27 heavy (non-hydrogen) atoms. The number of piperazine rings is 1. The molecule has 1 saturated carbocycles. The second kappa shape index (κ2) is 6.73. The highest BCUT2D eigenvalue weighted by atomic mass is 35.5. The first-order chi connectivity index (χ1) is 13.2. The molecule has 0 N–H and O–H groups in total. The fraction of sp³-hybridized carbons (Fsp3) is 0.421. The molecule has 2 aliphatic rings. The zero-order valence-electron chi connectivity index (χ0n) is 14.9. The molecule has 8 heteroatoms. The molecule has 2 aromatic heterocycles. The van der Waals surface area contributed by atoms with Crippen LogP contribution in [0, 0.1) is 5.82 Å². The van der Waals surface area contributed by atoms with Crippen molar-refractivity contribution in [1.82, 2.24) is 24.5 Å². The van der Waals surface area contributed by atoms with Gasteiger partial charge < -0.3 is 4.90 Å². The van der Waals surface area contributed by atoms with Crippen molar-refractivity contribution in [3.8, 4) is 0 Å². The van der Waals surface area contributed by atoms with Crippen LogP contribution in [0.3, 0.4) is 0 Å². The summed E-state index contributed by atoms with van der Waals surface area (Å²) in [5.41, 5.74) is 1.39. The number of rotatable bonds is 4. The summed E-state index contributed by atoms with van der Waals surface area (Å²) in [4.78, 5) is 9.02. The van der Waals surface area contributed by atoms with Gasteiger partial charge in [0.2, 0.25) is 5.65 Å². The quantitative estimate of drug-likeness (QED) is 0.689. The van der Waals surface area contributed by atoms with Gasteiger partial charge in [-0.05, 0) is 25.0 Å². The molecule has 0 spiro atoms. The second-order valence-electron chi connectivity index (χ2n) is 7.24. The molecule has 1 aliphatic heterocycles. The zero-order chi connectivity index (χ0) is 18.4. The molecule has 1 aliphatic carbocycles. The number of benzene rings is 1. The Balaban J connectivity index is 1.31. The number of nitrogens with zero attached hydrogens (tertiary/aromatic N) is 6. The molecular weight excluding hydrogens is 367 g/mol. The van der Waals surface area contributed by atoms with Gasteiger partial charge in [0.1, 0.15) is 11.6 Å². The molecule has 0 radical (unpaired) electrons. The van der Waals surface area contributed by atoms with E-state index in [2.05, 4.69) is 29.4 Å². The fourth-order valence-electron chi connectivity index (χ4n) is 3.70. The van der Waals surface area contributed by atoms with Crippen LogP contribution in [0.25, 0.3) is 5.65 Å². The molecule has 3 aromatic rings. The Bertz CT molecular complexity index is 957. The van der Waals surface area contributed by atoms with Crippen molar-refractivity contribution in [3.63, 3.8) is 0 Å². The molecule has 2 fully saturated rings. The van der Waals surface area contributed by atoms with Crippen molar-refractivity contribution in [1.29, 1.82) is 0 Å². The lowest BCUT2D eigenvalue weighted by Gasteiger charge is -2.35. The number of hydrogen-bond acceptors (Lipinski definition) is 5. The maximum Gasteiger partial charge on any atom is 0.203 e. The molecule has 1 saturated heterocycles. The normalized spacial score (nSPS) is 18.4. The van der Waals surface area contributed by atoms with Crippen LogP contribution in [0.4, 0.5) is 10.2 Å². The van der Waals surface area contributed by atoms with Crippen molar-refractivity contribution in [2.75, 3.05) is 31.1 Å². The summed E-state index contributed by atoms with van der Waals surface area (Å²) in [6.45, 7) is 3.77. The van der Waals surface area contributed by atoms with Crippen molar-refractivity contribution in [3.05, 3.63) is 52.8 Å². The van der Waals surface area contributed by atoms with Crippen LogP contribution in [0.5, 0.6) is 0 Å². The maximum atomic E-state index is 14.0. The van der Waals surface area contributed by atoms with Crippen LogP contribution in [0.1, 0.15) is 30.1 Å². The Labute approximate surface area is 161 Å². The van der Waals surface area contributed by atoms with E-state index >= 15 is 0 Å². The van der Waals surface area contributed by atoms with E-state index in [-0.39, 0.29) is 5.82 Å². The van der Waals surface area contributed by atoms with Gasteiger partial charge >= 0.3 is 0 Å². The molecular formula is C19H20ClFN6. The van der Waals surface area contributed by atoms with Crippen LogP contribution >= 0.6 is 11.6 Å². The minimum atomic E-state index is -0.243. The first kappa shape index (κ1) is 16.9. The molecule has 1 aromatic carbocycles. The summed E-state index contributed by atoms with van der Waals surface area (Å²) in [6, 6.07) is 4.84. The summed E-state index contributed by atoms with van der Waals surface area (Å²) >= 11 is 6.17. The van der Waals surface area contributed by atoms with Gasteiger partial charge in [-0.3, -0.25) is 9.30 Å². The van der Waals surface area contributed by atoms with Gasteiger partial charge in [-0.1, -0.05) is 17.7 Å². The largest absolute Gasteiger partial charge is 0.351 e. The second-order valence-corrected chi connectivity index (χ2v) is 7.65. The smallest absolute Gasteiger partial charge is 0.203 e.